The zero-order valence-electron chi connectivity index (χ0n) is 10.2. The molecule has 7 heteroatoms. The van der Waals surface area contributed by atoms with Gasteiger partial charge in [0, 0.05) is 0 Å². The maximum atomic E-state index is 13.5. The Morgan fingerprint density at radius 3 is 1.90 bits per heavy atom. The number of nitrogens with two attached hydrogens (primary N) is 1. The van der Waals surface area contributed by atoms with Gasteiger partial charge in [-0.05, 0) is 24.6 Å². The fraction of sp³-hybridized carbons (Fsp3) is 0.0769. The summed E-state index contributed by atoms with van der Waals surface area (Å²) < 4.78 is 66.0. The lowest BCUT2D eigenvalue weighted by Crippen LogP contribution is -2.07. The van der Waals surface area contributed by atoms with Gasteiger partial charge in [0.1, 0.15) is 5.69 Å². The fourth-order valence-electron chi connectivity index (χ4n) is 1.63. The Labute approximate surface area is 111 Å². The third-order valence-electron chi connectivity index (χ3n) is 2.68. The Bertz CT molecular complexity index is 656. The number of halogens is 5. The van der Waals surface area contributed by atoms with Gasteiger partial charge in [-0.3, -0.25) is 0 Å². The van der Waals surface area contributed by atoms with Crippen molar-refractivity contribution in [2.24, 2.45) is 0 Å². The molecule has 2 aromatic rings. The van der Waals surface area contributed by atoms with Crippen LogP contribution >= 0.6 is 0 Å². The van der Waals surface area contributed by atoms with Crippen LogP contribution in [0.5, 0.6) is 0 Å². The van der Waals surface area contributed by atoms with Gasteiger partial charge in [-0.2, -0.15) is 0 Å². The second-order valence-corrected chi connectivity index (χ2v) is 4.16. The van der Waals surface area contributed by atoms with Gasteiger partial charge in [-0.15, -0.1) is 0 Å². The van der Waals surface area contributed by atoms with Gasteiger partial charge < -0.3 is 11.1 Å². The smallest absolute Gasteiger partial charge is 0.200 e. The van der Waals surface area contributed by atoms with Crippen LogP contribution in [0.15, 0.2) is 18.2 Å². The maximum absolute atomic E-state index is 13.5. The molecular weight excluding hydrogens is 279 g/mol. The minimum atomic E-state index is -2.21. The highest BCUT2D eigenvalue weighted by molar-refractivity contribution is 5.73. The number of aryl methyl sites for hydroxylation is 1. The molecule has 2 rings (SSSR count). The monoisotopic (exact) mass is 288 g/mol. The minimum absolute atomic E-state index is 0.0493. The summed E-state index contributed by atoms with van der Waals surface area (Å²) >= 11 is 0. The van der Waals surface area contributed by atoms with Crippen LogP contribution in [0.25, 0.3) is 0 Å². The van der Waals surface area contributed by atoms with Crippen molar-refractivity contribution in [1.82, 2.24) is 0 Å². The summed E-state index contributed by atoms with van der Waals surface area (Å²) in [5, 5.41) is 2.14. The molecule has 0 amide bonds. The normalized spacial score (nSPS) is 10.7. The van der Waals surface area contributed by atoms with Crippen LogP contribution < -0.4 is 11.1 Å². The van der Waals surface area contributed by atoms with Gasteiger partial charge >= 0.3 is 0 Å². The van der Waals surface area contributed by atoms with E-state index in [0.717, 1.165) is 0 Å². The van der Waals surface area contributed by atoms with Crippen LogP contribution in [-0.4, -0.2) is 0 Å². The first-order valence-electron chi connectivity index (χ1n) is 5.47. The molecule has 106 valence electrons. The number of nitrogen functional groups attached to an aromatic ring is 1. The van der Waals surface area contributed by atoms with E-state index >= 15 is 0 Å². The number of hydrogen-bond acceptors (Lipinski definition) is 2. The molecule has 0 bridgehead atoms. The molecule has 0 atom stereocenters. The summed E-state index contributed by atoms with van der Waals surface area (Å²) in [4.78, 5) is 0. The summed E-state index contributed by atoms with van der Waals surface area (Å²) in [6.07, 6.45) is 0. The Balaban J connectivity index is 2.57. The number of nitrogens with one attached hydrogen (secondary N) is 1. The fourth-order valence-corrected chi connectivity index (χ4v) is 1.63. The van der Waals surface area contributed by atoms with E-state index in [9.17, 15) is 22.0 Å². The maximum Gasteiger partial charge on any atom is 0.200 e. The number of anilines is 3. The van der Waals surface area contributed by atoms with Crippen LogP contribution in [0, 0.1) is 36.0 Å². The predicted molar refractivity (Wildman–Crippen MR) is 65.1 cm³/mol. The van der Waals surface area contributed by atoms with E-state index < -0.39 is 34.8 Å². The van der Waals surface area contributed by atoms with Crippen LogP contribution in [0.1, 0.15) is 5.56 Å². The lowest BCUT2D eigenvalue weighted by Gasteiger charge is -2.13. The summed E-state index contributed by atoms with van der Waals surface area (Å²) in [5.74, 6) is -10.1. The first-order chi connectivity index (χ1) is 9.32. The van der Waals surface area contributed by atoms with E-state index in [1.807, 2.05) is 0 Å². The second kappa shape index (κ2) is 4.99. The molecule has 0 aliphatic carbocycles. The van der Waals surface area contributed by atoms with Gasteiger partial charge in [0.25, 0.3) is 0 Å². The Kier molecular flexibility index (Phi) is 3.52. The van der Waals surface area contributed by atoms with Crippen LogP contribution in [-0.2, 0) is 0 Å². The summed E-state index contributed by atoms with van der Waals surface area (Å²) in [6.45, 7) is 1.68. The van der Waals surface area contributed by atoms with Gasteiger partial charge in [-0.25, -0.2) is 22.0 Å². The molecule has 2 nitrogen and oxygen atoms in total. The molecule has 0 fully saturated rings. The molecule has 0 aliphatic heterocycles. The molecule has 3 N–H and O–H groups in total. The van der Waals surface area contributed by atoms with Crippen LogP contribution in [0.3, 0.4) is 0 Å². The highest BCUT2D eigenvalue weighted by Crippen LogP contribution is 2.31. The molecule has 0 aliphatic rings. The molecule has 0 unspecified atom stereocenters. The number of hydrogen-bond donors (Lipinski definition) is 2. The van der Waals surface area contributed by atoms with Crippen molar-refractivity contribution < 1.29 is 22.0 Å². The lowest BCUT2D eigenvalue weighted by atomic mass is 10.1. The largest absolute Gasteiger partial charge is 0.397 e. The first-order valence-corrected chi connectivity index (χ1v) is 5.47. The SMILES string of the molecule is Cc1ccc(N)c(Nc2c(F)c(F)c(F)c(F)c2F)c1. The van der Waals surface area contributed by atoms with Gasteiger partial charge in [0.05, 0.1) is 11.4 Å². The van der Waals surface area contributed by atoms with Crippen LogP contribution in [0.4, 0.5) is 39.0 Å². The summed E-state index contributed by atoms with van der Waals surface area (Å²) in [7, 11) is 0. The van der Waals surface area contributed by atoms with Crippen molar-refractivity contribution in [3.05, 3.63) is 52.8 Å². The van der Waals surface area contributed by atoms with Gasteiger partial charge in [0.2, 0.25) is 5.82 Å². The molecule has 0 spiro atoms. The quantitative estimate of drug-likeness (QED) is 0.379. The molecule has 0 saturated heterocycles. The molecule has 0 aromatic heterocycles. The van der Waals surface area contributed by atoms with Crippen molar-refractivity contribution in [1.29, 1.82) is 0 Å². The van der Waals surface area contributed by atoms with E-state index in [4.69, 9.17) is 5.73 Å². The predicted octanol–water partition coefficient (Wildman–Crippen LogP) is 4.02. The molecule has 2 aromatic carbocycles. The number of rotatable bonds is 2. The summed E-state index contributed by atoms with van der Waals surface area (Å²) in [5.41, 5.74) is 5.29. The standard InChI is InChI=1S/C13H9F5N2/c1-5-2-3-6(19)7(4-5)20-13-11(17)9(15)8(14)10(16)12(13)18/h2-4,20H,19H2,1H3. The van der Waals surface area contributed by atoms with E-state index in [2.05, 4.69) is 5.32 Å². The van der Waals surface area contributed by atoms with Crippen molar-refractivity contribution in [2.45, 2.75) is 6.92 Å². The molecule has 20 heavy (non-hydrogen) atoms. The molecule has 0 heterocycles. The van der Waals surface area contributed by atoms with Crippen LogP contribution in [0.2, 0.25) is 0 Å². The first kappa shape index (κ1) is 14.1. The van der Waals surface area contributed by atoms with Gasteiger partial charge in [-0.1, -0.05) is 6.07 Å². The van der Waals surface area contributed by atoms with Crippen molar-refractivity contribution in [3.63, 3.8) is 0 Å². The third kappa shape index (κ3) is 2.26. The van der Waals surface area contributed by atoms with Gasteiger partial charge in [0.15, 0.2) is 23.3 Å². The highest BCUT2D eigenvalue weighted by Gasteiger charge is 2.26. The topological polar surface area (TPSA) is 38.0 Å². The Morgan fingerprint density at radius 2 is 1.35 bits per heavy atom. The zero-order chi connectivity index (χ0) is 15.0. The Morgan fingerprint density at radius 1 is 0.850 bits per heavy atom. The van der Waals surface area contributed by atoms with Crippen molar-refractivity contribution >= 4 is 17.1 Å². The van der Waals surface area contributed by atoms with E-state index in [1.165, 1.54) is 12.1 Å². The minimum Gasteiger partial charge on any atom is -0.397 e. The average molecular weight is 288 g/mol. The average Bonchev–Trinajstić information content (AvgIpc) is 2.43. The Hall–Kier alpha value is -2.31. The second-order valence-electron chi connectivity index (χ2n) is 4.16. The molecular formula is C13H9F5N2. The highest BCUT2D eigenvalue weighted by atomic mass is 19.2. The van der Waals surface area contributed by atoms with Crippen molar-refractivity contribution in [2.75, 3.05) is 11.1 Å². The molecule has 0 saturated carbocycles. The molecule has 0 radical (unpaired) electrons. The summed E-state index contributed by atoms with van der Waals surface area (Å²) in [6, 6.07) is 4.51. The zero-order valence-corrected chi connectivity index (χ0v) is 10.2. The third-order valence-corrected chi connectivity index (χ3v) is 2.68. The number of benzene rings is 2. The van der Waals surface area contributed by atoms with E-state index in [0.29, 0.717) is 5.56 Å². The van der Waals surface area contributed by atoms with E-state index in [-0.39, 0.29) is 11.4 Å². The lowest BCUT2D eigenvalue weighted by molar-refractivity contribution is 0.382. The van der Waals surface area contributed by atoms with Crippen molar-refractivity contribution in [3.8, 4) is 0 Å². The van der Waals surface area contributed by atoms with E-state index in [1.54, 1.807) is 13.0 Å².